The van der Waals surface area contributed by atoms with Crippen LogP contribution in [-0.2, 0) is 29.6 Å². The third kappa shape index (κ3) is 7.21. The number of anilines is 2. The maximum Gasteiger partial charge on any atom is 0.330 e. The third-order valence-corrected chi connectivity index (χ3v) is 10.1. The molecule has 4 N–H and O–H groups in total. The number of rotatable bonds is 12. The summed E-state index contributed by atoms with van der Waals surface area (Å²) >= 11 is 0. The first-order valence-corrected chi connectivity index (χ1v) is 16.1. The highest BCUT2D eigenvalue weighted by Gasteiger charge is 2.52. The molecule has 0 spiro atoms. The van der Waals surface area contributed by atoms with Gasteiger partial charge in [0, 0.05) is 24.2 Å². The van der Waals surface area contributed by atoms with Gasteiger partial charge in [0.25, 0.3) is 0 Å². The van der Waals surface area contributed by atoms with E-state index in [1.54, 1.807) is 60.7 Å². The van der Waals surface area contributed by atoms with E-state index in [2.05, 4.69) is 20.9 Å². The van der Waals surface area contributed by atoms with Crippen LogP contribution in [0.2, 0.25) is 0 Å². The first kappa shape index (κ1) is 30.0. The summed E-state index contributed by atoms with van der Waals surface area (Å²) < 4.78 is 70.5. The van der Waals surface area contributed by atoms with Crippen LogP contribution in [0.3, 0.4) is 0 Å². The zero-order chi connectivity index (χ0) is 29.7. The molecule has 2 aliphatic rings. The molecule has 2 aromatic rings. The second kappa shape index (κ2) is 12.3. The van der Waals surface area contributed by atoms with Gasteiger partial charge < -0.3 is 16.0 Å². The van der Waals surface area contributed by atoms with Crippen LogP contribution in [-0.4, -0.2) is 62.1 Å². The van der Waals surface area contributed by atoms with Crippen molar-refractivity contribution in [1.82, 2.24) is 14.3 Å². The van der Waals surface area contributed by atoms with Crippen LogP contribution in [0.5, 0.6) is 0 Å². The predicted molar refractivity (Wildman–Crippen MR) is 153 cm³/mol. The molecule has 2 aromatic carbocycles. The summed E-state index contributed by atoms with van der Waals surface area (Å²) in [5, 5.41) is 7.73. The SMILES string of the molecule is CCC(=O)NS(=O)(=O)N1C(Nc2ccccc2)=NC=C(F)C1(CNC(=O)CCS(=O)(=O)C1CC1)Nc1ccccc1. The minimum absolute atomic E-state index is 0.185. The van der Waals surface area contributed by atoms with Gasteiger partial charge in [0.2, 0.25) is 23.4 Å². The number of hydrogen-bond donors (Lipinski definition) is 4. The van der Waals surface area contributed by atoms with Crippen LogP contribution in [0.25, 0.3) is 0 Å². The molecule has 4 rings (SSSR count). The van der Waals surface area contributed by atoms with Crippen molar-refractivity contribution in [3.63, 3.8) is 0 Å². The summed E-state index contributed by atoms with van der Waals surface area (Å²) in [5.41, 5.74) is -1.66. The van der Waals surface area contributed by atoms with Crippen LogP contribution in [0.1, 0.15) is 32.6 Å². The Bertz CT molecular complexity index is 1550. The number of carbonyl (C=O) groups is 2. The lowest BCUT2D eigenvalue weighted by molar-refractivity contribution is -0.121. The molecule has 41 heavy (non-hydrogen) atoms. The van der Waals surface area contributed by atoms with Crippen molar-refractivity contribution in [2.75, 3.05) is 22.9 Å². The molecular weight excluding hydrogens is 575 g/mol. The van der Waals surface area contributed by atoms with Gasteiger partial charge in [-0.15, -0.1) is 0 Å². The number of para-hydroxylation sites is 2. The Morgan fingerprint density at radius 1 is 0.976 bits per heavy atom. The van der Waals surface area contributed by atoms with Crippen LogP contribution in [0.15, 0.2) is 77.7 Å². The van der Waals surface area contributed by atoms with Gasteiger partial charge in [0.15, 0.2) is 15.7 Å². The minimum atomic E-state index is -4.86. The lowest BCUT2D eigenvalue weighted by atomic mass is 10.1. The summed E-state index contributed by atoms with van der Waals surface area (Å²) in [7, 11) is -8.30. The van der Waals surface area contributed by atoms with E-state index in [0.717, 1.165) is 6.20 Å². The van der Waals surface area contributed by atoms with E-state index in [9.17, 15) is 26.4 Å². The van der Waals surface area contributed by atoms with E-state index < -0.39 is 67.3 Å². The predicted octanol–water partition coefficient (Wildman–Crippen LogP) is 2.24. The number of amides is 2. The van der Waals surface area contributed by atoms with Gasteiger partial charge in [0.1, 0.15) is 0 Å². The Hall–Kier alpha value is -3.98. The van der Waals surface area contributed by atoms with E-state index in [4.69, 9.17) is 0 Å². The fraction of sp³-hybridized carbons (Fsp3) is 0.346. The molecule has 1 unspecified atom stereocenters. The van der Waals surface area contributed by atoms with Gasteiger partial charge in [-0.05, 0) is 37.1 Å². The molecule has 1 atom stereocenters. The molecule has 2 amide bonds. The van der Waals surface area contributed by atoms with Gasteiger partial charge in [0.05, 0.1) is 23.7 Å². The van der Waals surface area contributed by atoms with Gasteiger partial charge in [-0.2, -0.15) is 12.7 Å². The molecule has 220 valence electrons. The molecule has 1 saturated carbocycles. The average molecular weight is 607 g/mol. The van der Waals surface area contributed by atoms with Gasteiger partial charge >= 0.3 is 10.2 Å². The van der Waals surface area contributed by atoms with E-state index in [1.807, 2.05) is 4.72 Å². The van der Waals surface area contributed by atoms with Crippen molar-refractivity contribution in [3.05, 3.63) is 72.7 Å². The molecule has 1 aliphatic carbocycles. The van der Waals surface area contributed by atoms with Crippen LogP contribution in [0, 0.1) is 0 Å². The molecule has 1 heterocycles. The van der Waals surface area contributed by atoms with Crippen LogP contribution in [0.4, 0.5) is 15.8 Å². The molecule has 0 aromatic heterocycles. The van der Waals surface area contributed by atoms with E-state index in [1.165, 1.54) is 6.92 Å². The Kier molecular flexibility index (Phi) is 8.97. The molecule has 1 fully saturated rings. The quantitative estimate of drug-likeness (QED) is 0.286. The first-order valence-electron chi connectivity index (χ1n) is 12.9. The summed E-state index contributed by atoms with van der Waals surface area (Å²) in [6.07, 6.45) is 1.33. The standard InChI is InChI=1S/C26H31FN6O6S2/c1-2-23(34)32-41(38,39)33-25(30-19-9-5-3-6-10-19)28-17-22(27)26(33,31-20-11-7-4-8-12-20)18-29-24(35)15-16-40(36,37)21-13-14-21/h3-12,17,21,31H,2,13-16,18H2,1H3,(H,28,30)(H,29,35)(H,32,34). The molecule has 0 bridgehead atoms. The van der Waals surface area contributed by atoms with Gasteiger partial charge in [-0.1, -0.05) is 43.3 Å². The van der Waals surface area contributed by atoms with Crippen molar-refractivity contribution in [3.8, 4) is 0 Å². The second-order valence-corrected chi connectivity index (χ2v) is 13.4. The third-order valence-electron chi connectivity index (χ3n) is 6.38. The number of aliphatic imine (C=N–C) groups is 1. The number of benzene rings is 2. The van der Waals surface area contributed by atoms with Crippen LogP contribution >= 0.6 is 0 Å². The summed E-state index contributed by atoms with van der Waals surface area (Å²) in [6.45, 7) is 0.757. The number of nitrogens with one attached hydrogen (secondary N) is 4. The Morgan fingerprint density at radius 2 is 1.59 bits per heavy atom. The van der Waals surface area contributed by atoms with Crippen molar-refractivity contribution < 1.29 is 30.8 Å². The number of guanidine groups is 1. The maximum atomic E-state index is 16.0. The van der Waals surface area contributed by atoms with E-state index in [-0.39, 0.29) is 18.1 Å². The molecule has 12 nitrogen and oxygen atoms in total. The zero-order valence-electron chi connectivity index (χ0n) is 22.2. The Labute approximate surface area is 238 Å². The number of nitrogens with zero attached hydrogens (tertiary/aromatic N) is 2. The number of carbonyl (C=O) groups excluding carboxylic acids is 2. The van der Waals surface area contributed by atoms with Crippen molar-refractivity contribution in [1.29, 1.82) is 0 Å². The molecule has 15 heteroatoms. The fourth-order valence-electron chi connectivity index (χ4n) is 4.08. The summed E-state index contributed by atoms with van der Waals surface area (Å²) in [6, 6.07) is 16.5. The number of hydrogen-bond acceptors (Lipinski definition) is 9. The highest BCUT2D eigenvalue weighted by Crippen LogP contribution is 2.34. The van der Waals surface area contributed by atoms with E-state index in [0.29, 0.717) is 22.8 Å². The maximum absolute atomic E-state index is 16.0. The lowest BCUT2D eigenvalue weighted by Crippen LogP contribution is -2.68. The number of sulfone groups is 1. The second-order valence-electron chi connectivity index (χ2n) is 9.51. The fourth-order valence-corrected chi connectivity index (χ4v) is 7.19. The molecule has 0 saturated heterocycles. The zero-order valence-corrected chi connectivity index (χ0v) is 23.8. The highest BCUT2D eigenvalue weighted by molar-refractivity contribution is 7.92. The molecule has 1 aliphatic heterocycles. The first-order chi connectivity index (χ1) is 19.5. The Morgan fingerprint density at radius 3 is 2.17 bits per heavy atom. The topological polar surface area (TPSA) is 166 Å². The highest BCUT2D eigenvalue weighted by atomic mass is 32.2. The minimum Gasteiger partial charge on any atom is -0.355 e. The molecule has 0 radical (unpaired) electrons. The van der Waals surface area contributed by atoms with Crippen molar-refractivity contribution in [2.45, 2.75) is 43.5 Å². The van der Waals surface area contributed by atoms with Crippen LogP contribution < -0.4 is 20.7 Å². The van der Waals surface area contributed by atoms with Crippen molar-refractivity contribution >= 4 is 49.2 Å². The van der Waals surface area contributed by atoms with Gasteiger partial charge in [-0.25, -0.2) is 22.5 Å². The lowest BCUT2D eigenvalue weighted by Gasteiger charge is -2.45. The van der Waals surface area contributed by atoms with Gasteiger partial charge in [-0.3, -0.25) is 9.59 Å². The summed E-state index contributed by atoms with van der Waals surface area (Å²) in [4.78, 5) is 29.0. The molecular formula is C26H31FN6O6S2. The largest absolute Gasteiger partial charge is 0.355 e. The average Bonchev–Trinajstić information content (AvgIpc) is 3.80. The number of halogens is 1. The monoisotopic (exact) mass is 606 g/mol. The van der Waals surface area contributed by atoms with Crippen molar-refractivity contribution in [2.24, 2.45) is 4.99 Å². The normalized spacial score (nSPS) is 19.0. The summed E-state index contributed by atoms with van der Waals surface area (Å²) in [5.74, 6) is -3.45. The van der Waals surface area contributed by atoms with E-state index >= 15 is 4.39 Å². The Balaban J connectivity index is 1.74. The smallest absolute Gasteiger partial charge is 0.330 e.